The molecule has 5 heteroatoms. The van der Waals surface area contributed by atoms with Gasteiger partial charge in [-0.05, 0) is 42.8 Å². The summed E-state index contributed by atoms with van der Waals surface area (Å²) < 4.78 is 5.47. The van der Waals surface area contributed by atoms with Gasteiger partial charge in [-0.1, -0.05) is 29.8 Å². The highest BCUT2D eigenvalue weighted by atomic mass is 16.4. The van der Waals surface area contributed by atoms with Crippen LogP contribution in [0.4, 0.5) is 11.6 Å². The van der Waals surface area contributed by atoms with Gasteiger partial charge in [0.1, 0.15) is 5.58 Å². The lowest BCUT2D eigenvalue weighted by molar-refractivity contribution is 0.563. The Kier molecular flexibility index (Phi) is 3.74. The smallest absolute Gasteiger partial charge is 0.344 e. The van der Waals surface area contributed by atoms with Crippen LogP contribution in [0.25, 0.3) is 22.1 Å². The van der Waals surface area contributed by atoms with E-state index in [2.05, 4.69) is 15.3 Å². The molecular weight excluding hydrogens is 314 g/mol. The second-order valence-electron chi connectivity index (χ2n) is 5.76. The summed E-state index contributed by atoms with van der Waals surface area (Å²) in [6.07, 6.45) is 3.34. The standard InChI is InChI=1S/C20H15N3O2/c1-13-3-5-14(6-4-13)17-12-15-11-16(7-8-18(15)25-19(17)24)23-20-21-9-2-10-22-20/h2-12H,1H3,(H,21,22,23). The number of aryl methyl sites for hydroxylation is 1. The molecule has 2 heterocycles. The van der Waals surface area contributed by atoms with Gasteiger partial charge >= 0.3 is 5.63 Å². The molecule has 122 valence electrons. The predicted molar refractivity (Wildman–Crippen MR) is 98.0 cm³/mol. The number of anilines is 2. The molecule has 1 N–H and O–H groups in total. The highest BCUT2D eigenvalue weighted by Gasteiger charge is 2.08. The van der Waals surface area contributed by atoms with E-state index in [1.54, 1.807) is 24.5 Å². The van der Waals surface area contributed by atoms with Crippen LogP contribution in [0.5, 0.6) is 0 Å². The number of rotatable bonds is 3. The van der Waals surface area contributed by atoms with Crippen LogP contribution in [0.3, 0.4) is 0 Å². The van der Waals surface area contributed by atoms with Crippen LogP contribution in [0.15, 0.2) is 76.2 Å². The molecule has 4 aromatic rings. The van der Waals surface area contributed by atoms with Crippen LogP contribution >= 0.6 is 0 Å². The van der Waals surface area contributed by atoms with Gasteiger partial charge in [0.2, 0.25) is 5.95 Å². The molecule has 25 heavy (non-hydrogen) atoms. The first-order chi connectivity index (χ1) is 12.2. The number of benzene rings is 2. The van der Waals surface area contributed by atoms with Crippen molar-refractivity contribution in [3.63, 3.8) is 0 Å². The Hall–Kier alpha value is -3.47. The molecule has 0 atom stereocenters. The van der Waals surface area contributed by atoms with E-state index < -0.39 is 0 Å². The first-order valence-corrected chi connectivity index (χ1v) is 7.88. The number of aromatic nitrogens is 2. The number of nitrogens with zero attached hydrogens (tertiary/aromatic N) is 2. The summed E-state index contributed by atoms with van der Waals surface area (Å²) in [6, 6.07) is 16.9. The lowest BCUT2D eigenvalue weighted by Crippen LogP contribution is -2.03. The van der Waals surface area contributed by atoms with Crippen LogP contribution in [-0.2, 0) is 0 Å². The first-order valence-electron chi connectivity index (χ1n) is 7.88. The number of fused-ring (bicyclic) bond motifs is 1. The highest BCUT2D eigenvalue weighted by Crippen LogP contribution is 2.24. The largest absolute Gasteiger partial charge is 0.422 e. The molecule has 0 spiro atoms. The normalized spacial score (nSPS) is 10.8. The molecule has 0 fully saturated rings. The van der Waals surface area contributed by atoms with Crippen LogP contribution in [0, 0.1) is 6.92 Å². The fourth-order valence-corrected chi connectivity index (χ4v) is 2.63. The van der Waals surface area contributed by atoms with Crippen molar-refractivity contribution in [3.8, 4) is 11.1 Å². The van der Waals surface area contributed by atoms with Crippen molar-refractivity contribution in [1.82, 2.24) is 9.97 Å². The molecule has 0 saturated carbocycles. The van der Waals surface area contributed by atoms with E-state index >= 15 is 0 Å². The van der Waals surface area contributed by atoms with Crippen LogP contribution < -0.4 is 10.9 Å². The van der Waals surface area contributed by atoms with Crippen molar-refractivity contribution < 1.29 is 4.42 Å². The molecule has 0 aliphatic heterocycles. The second kappa shape index (κ2) is 6.20. The Morgan fingerprint density at radius 3 is 2.48 bits per heavy atom. The third kappa shape index (κ3) is 3.12. The third-order valence-corrected chi connectivity index (χ3v) is 3.92. The molecule has 2 aromatic heterocycles. The zero-order valence-electron chi connectivity index (χ0n) is 13.6. The molecule has 0 aliphatic rings. The van der Waals surface area contributed by atoms with E-state index in [9.17, 15) is 4.79 Å². The summed E-state index contributed by atoms with van der Waals surface area (Å²) in [7, 11) is 0. The van der Waals surface area contributed by atoms with Gasteiger partial charge in [0.25, 0.3) is 0 Å². The van der Waals surface area contributed by atoms with Gasteiger partial charge in [-0.15, -0.1) is 0 Å². The highest BCUT2D eigenvalue weighted by molar-refractivity contribution is 5.85. The van der Waals surface area contributed by atoms with Crippen LogP contribution in [0.2, 0.25) is 0 Å². The summed E-state index contributed by atoms with van der Waals surface area (Å²) in [5.41, 5.74) is 3.54. The molecule has 0 aliphatic carbocycles. The number of hydrogen-bond donors (Lipinski definition) is 1. The Morgan fingerprint density at radius 2 is 1.72 bits per heavy atom. The van der Waals surface area contributed by atoms with Crippen LogP contribution in [-0.4, -0.2) is 9.97 Å². The summed E-state index contributed by atoms with van der Waals surface area (Å²) in [6.45, 7) is 2.01. The minimum atomic E-state index is -0.344. The van der Waals surface area contributed by atoms with Crippen molar-refractivity contribution in [2.45, 2.75) is 6.92 Å². The van der Waals surface area contributed by atoms with Gasteiger partial charge in [-0.25, -0.2) is 14.8 Å². The Bertz CT molecular complexity index is 1090. The monoisotopic (exact) mass is 329 g/mol. The lowest BCUT2D eigenvalue weighted by atomic mass is 10.0. The topological polar surface area (TPSA) is 68.0 Å². The van der Waals surface area contributed by atoms with Gasteiger partial charge in [-0.3, -0.25) is 0 Å². The van der Waals surface area contributed by atoms with Gasteiger partial charge in [-0.2, -0.15) is 0 Å². The number of nitrogens with one attached hydrogen (secondary N) is 1. The average molecular weight is 329 g/mol. The molecule has 0 unspecified atom stereocenters. The first kappa shape index (κ1) is 15.1. The molecule has 0 amide bonds. The summed E-state index contributed by atoms with van der Waals surface area (Å²) >= 11 is 0. The van der Waals surface area contributed by atoms with Gasteiger partial charge in [0.05, 0.1) is 5.56 Å². The molecule has 2 aromatic carbocycles. The van der Waals surface area contributed by atoms with E-state index in [0.717, 1.165) is 22.2 Å². The van der Waals surface area contributed by atoms with Gasteiger partial charge in [0, 0.05) is 23.5 Å². The quantitative estimate of drug-likeness (QED) is 0.568. The minimum absolute atomic E-state index is 0.344. The molecule has 5 nitrogen and oxygen atoms in total. The Balaban J connectivity index is 1.77. The maximum absolute atomic E-state index is 12.3. The number of hydrogen-bond acceptors (Lipinski definition) is 5. The lowest BCUT2D eigenvalue weighted by Gasteiger charge is -2.07. The average Bonchev–Trinajstić information content (AvgIpc) is 2.63. The molecule has 0 saturated heterocycles. The molecular formula is C20H15N3O2. The van der Waals surface area contributed by atoms with Crippen molar-refractivity contribution in [1.29, 1.82) is 0 Å². The van der Waals surface area contributed by atoms with Crippen LogP contribution in [0.1, 0.15) is 5.56 Å². The molecule has 0 bridgehead atoms. The maximum atomic E-state index is 12.3. The van der Waals surface area contributed by atoms with Crippen molar-refractivity contribution in [2.24, 2.45) is 0 Å². The predicted octanol–water partition coefficient (Wildman–Crippen LogP) is 4.30. The van der Waals surface area contributed by atoms with E-state index in [0.29, 0.717) is 17.1 Å². The minimum Gasteiger partial charge on any atom is -0.422 e. The summed E-state index contributed by atoms with van der Waals surface area (Å²) in [4.78, 5) is 20.6. The molecule has 0 radical (unpaired) electrons. The van der Waals surface area contributed by atoms with E-state index in [-0.39, 0.29) is 5.63 Å². The van der Waals surface area contributed by atoms with Gasteiger partial charge < -0.3 is 9.73 Å². The van der Waals surface area contributed by atoms with E-state index in [1.807, 2.05) is 49.4 Å². The Labute approximate surface area is 144 Å². The zero-order valence-corrected chi connectivity index (χ0v) is 13.6. The maximum Gasteiger partial charge on any atom is 0.344 e. The zero-order chi connectivity index (χ0) is 17.2. The molecule has 4 rings (SSSR count). The van der Waals surface area contributed by atoms with Gasteiger partial charge in [0.15, 0.2) is 0 Å². The Morgan fingerprint density at radius 1 is 0.960 bits per heavy atom. The summed E-state index contributed by atoms with van der Waals surface area (Å²) in [5, 5.41) is 3.97. The van der Waals surface area contributed by atoms with Crippen molar-refractivity contribution in [2.75, 3.05) is 5.32 Å². The second-order valence-corrected chi connectivity index (χ2v) is 5.76. The van der Waals surface area contributed by atoms with Crippen molar-refractivity contribution >= 4 is 22.6 Å². The van der Waals surface area contributed by atoms with E-state index in [4.69, 9.17) is 4.42 Å². The SMILES string of the molecule is Cc1ccc(-c2cc3cc(Nc4ncccn4)ccc3oc2=O)cc1. The fourth-order valence-electron chi connectivity index (χ4n) is 2.63. The third-order valence-electron chi connectivity index (χ3n) is 3.92. The fraction of sp³-hybridized carbons (Fsp3) is 0.0500. The summed E-state index contributed by atoms with van der Waals surface area (Å²) in [5.74, 6) is 0.512. The van der Waals surface area contributed by atoms with E-state index in [1.165, 1.54) is 0 Å². The van der Waals surface area contributed by atoms with Crippen molar-refractivity contribution in [3.05, 3.63) is 83.0 Å².